The Labute approximate surface area is 207 Å². The van der Waals surface area contributed by atoms with Crippen LogP contribution in [0.15, 0.2) is 53.5 Å². The van der Waals surface area contributed by atoms with E-state index in [4.69, 9.17) is 5.73 Å². The maximum atomic E-state index is 11.9. The standard InChI is InChI=1S/C24H33N5O2.HI/c1-5-17-8-12-20(13-9-17)24(2,3)16-29-23(26-4)28-14-18-6-10-19(11-7-18)22(31)27-15-21(25)30;/h6-13H,5,14-16H2,1-4H3,(H2,25,30)(H,27,31)(H2,26,28,29);1H. The Balaban J connectivity index is 0.00000512. The average Bonchev–Trinajstić information content (AvgIpc) is 2.78. The number of hydrogen-bond acceptors (Lipinski definition) is 3. The second-order valence-corrected chi connectivity index (χ2v) is 8.06. The predicted octanol–water partition coefficient (Wildman–Crippen LogP) is 2.72. The molecule has 2 rings (SSSR count). The third-order valence-corrected chi connectivity index (χ3v) is 5.16. The topological polar surface area (TPSA) is 109 Å². The lowest BCUT2D eigenvalue weighted by Gasteiger charge is -2.27. The normalized spacial score (nSPS) is 11.3. The van der Waals surface area contributed by atoms with Crippen molar-refractivity contribution in [2.45, 2.75) is 39.2 Å². The molecule has 0 bridgehead atoms. The number of hydrogen-bond donors (Lipinski definition) is 4. The lowest BCUT2D eigenvalue weighted by atomic mass is 9.84. The number of benzene rings is 2. The van der Waals surface area contributed by atoms with Gasteiger partial charge in [-0.1, -0.05) is 57.2 Å². The monoisotopic (exact) mass is 551 g/mol. The Morgan fingerprint density at radius 1 is 0.938 bits per heavy atom. The minimum Gasteiger partial charge on any atom is -0.368 e. The van der Waals surface area contributed by atoms with Gasteiger partial charge in [0.15, 0.2) is 5.96 Å². The molecule has 0 heterocycles. The van der Waals surface area contributed by atoms with Gasteiger partial charge in [-0.15, -0.1) is 24.0 Å². The van der Waals surface area contributed by atoms with Gasteiger partial charge in [-0.3, -0.25) is 14.6 Å². The number of nitrogens with one attached hydrogen (secondary N) is 3. The first-order valence-electron chi connectivity index (χ1n) is 10.4. The first kappa shape index (κ1) is 27.4. The van der Waals surface area contributed by atoms with Crippen molar-refractivity contribution in [1.29, 1.82) is 0 Å². The summed E-state index contributed by atoms with van der Waals surface area (Å²) in [5.41, 5.74) is 9.08. The molecular weight excluding hydrogens is 517 g/mol. The highest BCUT2D eigenvalue weighted by molar-refractivity contribution is 14.0. The zero-order valence-corrected chi connectivity index (χ0v) is 21.5. The van der Waals surface area contributed by atoms with E-state index in [2.05, 4.69) is 66.0 Å². The summed E-state index contributed by atoms with van der Waals surface area (Å²) in [5, 5.41) is 9.16. The molecule has 32 heavy (non-hydrogen) atoms. The van der Waals surface area contributed by atoms with Crippen molar-refractivity contribution in [2.75, 3.05) is 20.1 Å². The number of nitrogens with zero attached hydrogens (tertiary/aromatic N) is 1. The number of rotatable bonds is 9. The zero-order chi connectivity index (χ0) is 22.9. The number of carbonyl (C=O) groups excluding carboxylic acids is 2. The van der Waals surface area contributed by atoms with Gasteiger partial charge >= 0.3 is 0 Å². The number of halogens is 1. The van der Waals surface area contributed by atoms with E-state index >= 15 is 0 Å². The van der Waals surface area contributed by atoms with E-state index < -0.39 is 5.91 Å². The van der Waals surface area contributed by atoms with Gasteiger partial charge < -0.3 is 21.7 Å². The summed E-state index contributed by atoms with van der Waals surface area (Å²) in [6.45, 7) is 7.69. The zero-order valence-electron chi connectivity index (χ0n) is 19.2. The lowest BCUT2D eigenvalue weighted by Crippen LogP contribution is -2.43. The molecule has 2 amide bonds. The van der Waals surface area contributed by atoms with Crippen LogP contribution in [-0.2, 0) is 23.2 Å². The maximum absolute atomic E-state index is 11.9. The fourth-order valence-corrected chi connectivity index (χ4v) is 3.05. The Bertz CT molecular complexity index is 909. The molecule has 0 atom stereocenters. The molecule has 174 valence electrons. The van der Waals surface area contributed by atoms with Crippen LogP contribution in [0.4, 0.5) is 0 Å². The van der Waals surface area contributed by atoms with E-state index in [1.807, 2.05) is 12.1 Å². The maximum Gasteiger partial charge on any atom is 0.251 e. The summed E-state index contributed by atoms with van der Waals surface area (Å²) in [6, 6.07) is 15.9. The molecule has 2 aromatic rings. The highest BCUT2D eigenvalue weighted by Crippen LogP contribution is 2.22. The van der Waals surface area contributed by atoms with E-state index in [0.717, 1.165) is 18.5 Å². The molecule has 0 fully saturated rings. The van der Waals surface area contributed by atoms with Crippen LogP contribution in [0.5, 0.6) is 0 Å². The fourth-order valence-electron chi connectivity index (χ4n) is 3.05. The van der Waals surface area contributed by atoms with Gasteiger partial charge in [0.25, 0.3) is 5.91 Å². The summed E-state index contributed by atoms with van der Waals surface area (Å²) in [7, 11) is 1.74. The second-order valence-electron chi connectivity index (χ2n) is 8.06. The molecule has 0 aromatic heterocycles. The Morgan fingerprint density at radius 3 is 2.06 bits per heavy atom. The summed E-state index contributed by atoms with van der Waals surface area (Å²) >= 11 is 0. The first-order valence-corrected chi connectivity index (χ1v) is 10.4. The van der Waals surface area contributed by atoms with Crippen molar-refractivity contribution in [3.63, 3.8) is 0 Å². The summed E-state index contributed by atoms with van der Waals surface area (Å²) in [5.74, 6) is -0.194. The van der Waals surface area contributed by atoms with Crippen molar-refractivity contribution in [3.8, 4) is 0 Å². The fraction of sp³-hybridized carbons (Fsp3) is 0.375. The van der Waals surface area contributed by atoms with Crippen LogP contribution in [0.1, 0.15) is 47.8 Å². The first-order chi connectivity index (χ1) is 14.7. The number of primary amides is 1. The number of carbonyl (C=O) groups is 2. The van der Waals surface area contributed by atoms with Crippen LogP contribution in [-0.4, -0.2) is 37.9 Å². The third kappa shape index (κ3) is 8.49. The van der Waals surface area contributed by atoms with Gasteiger partial charge in [0, 0.05) is 31.1 Å². The number of nitrogens with two attached hydrogens (primary N) is 1. The number of aliphatic imine (C=N–C) groups is 1. The summed E-state index contributed by atoms with van der Waals surface area (Å²) in [4.78, 5) is 27.0. The minimum absolute atomic E-state index is 0. The molecule has 0 unspecified atom stereocenters. The van der Waals surface area contributed by atoms with Crippen molar-refractivity contribution < 1.29 is 9.59 Å². The van der Waals surface area contributed by atoms with Crippen LogP contribution in [0.25, 0.3) is 0 Å². The Morgan fingerprint density at radius 2 is 1.53 bits per heavy atom. The van der Waals surface area contributed by atoms with Crippen LogP contribution in [0.3, 0.4) is 0 Å². The van der Waals surface area contributed by atoms with E-state index in [9.17, 15) is 9.59 Å². The van der Waals surface area contributed by atoms with Gasteiger partial charge in [-0.2, -0.15) is 0 Å². The molecule has 0 spiro atoms. The Hall–Kier alpha value is -2.62. The van der Waals surface area contributed by atoms with Gasteiger partial charge in [0.05, 0.1) is 6.54 Å². The van der Waals surface area contributed by atoms with Crippen molar-refractivity contribution >= 4 is 41.8 Å². The van der Waals surface area contributed by atoms with Gasteiger partial charge in [-0.25, -0.2) is 0 Å². The van der Waals surface area contributed by atoms with Gasteiger partial charge in [-0.05, 0) is 35.2 Å². The average molecular weight is 551 g/mol. The highest BCUT2D eigenvalue weighted by Gasteiger charge is 2.20. The number of aryl methyl sites for hydroxylation is 1. The van der Waals surface area contributed by atoms with Gasteiger partial charge in [0.1, 0.15) is 0 Å². The van der Waals surface area contributed by atoms with Gasteiger partial charge in [0.2, 0.25) is 5.91 Å². The molecule has 0 saturated carbocycles. The van der Waals surface area contributed by atoms with Crippen molar-refractivity contribution in [2.24, 2.45) is 10.7 Å². The minimum atomic E-state index is -0.575. The molecule has 0 radical (unpaired) electrons. The van der Waals surface area contributed by atoms with Crippen LogP contribution < -0.4 is 21.7 Å². The summed E-state index contributed by atoms with van der Waals surface area (Å²) in [6.07, 6.45) is 1.04. The van der Waals surface area contributed by atoms with E-state index in [-0.39, 0.29) is 41.8 Å². The molecule has 8 heteroatoms. The molecule has 7 nitrogen and oxygen atoms in total. The van der Waals surface area contributed by atoms with Crippen LogP contribution in [0, 0.1) is 0 Å². The van der Waals surface area contributed by atoms with Crippen molar-refractivity contribution in [1.82, 2.24) is 16.0 Å². The third-order valence-electron chi connectivity index (χ3n) is 5.16. The smallest absolute Gasteiger partial charge is 0.251 e. The number of amides is 2. The van der Waals surface area contributed by atoms with Crippen LogP contribution in [0.2, 0.25) is 0 Å². The van der Waals surface area contributed by atoms with E-state index in [0.29, 0.717) is 18.1 Å². The highest BCUT2D eigenvalue weighted by atomic mass is 127. The molecule has 0 aliphatic rings. The van der Waals surface area contributed by atoms with E-state index in [1.165, 1.54) is 11.1 Å². The molecule has 5 N–H and O–H groups in total. The van der Waals surface area contributed by atoms with Crippen LogP contribution >= 0.6 is 24.0 Å². The number of guanidine groups is 1. The lowest BCUT2D eigenvalue weighted by molar-refractivity contribution is -0.117. The van der Waals surface area contributed by atoms with E-state index in [1.54, 1.807) is 19.2 Å². The largest absolute Gasteiger partial charge is 0.368 e. The molecule has 2 aromatic carbocycles. The summed E-state index contributed by atoms with van der Waals surface area (Å²) < 4.78 is 0. The van der Waals surface area contributed by atoms with Crippen molar-refractivity contribution in [3.05, 3.63) is 70.8 Å². The SMILES string of the molecule is CCc1ccc(C(C)(C)CNC(=NC)NCc2ccc(C(=O)NCC(N)=O)cc2)cc1.I. The Kier molecular flexibility index (Phi) is 11.2. The predicted molar refractivity (Wildman–Crippen MR) is 140 cm³/mol. The molecule has 0 aliphatic heterocycles. The molecule has 0 saturated heterocycles. The molecular formula is C24H34IN5O2. The molecule has 0 aliphatic carbocycles. The quantitative estimate of drug-likeness (QED) is 0.218. The second kappa shape index (κ2) is 13.0.